The van der Waals surface area contributed by atoms with E-state index in [1.54, 1.807) is 17.0 Å². The lowest BCUT2D eigenvalue weighted by atomic mass is 9.85. The van der Waals surface area contributed by atoms with Crippen LogP contribution in [-0.2, 0) is 17.7 Å². The van der Waals surface area contributed by atoms with Crippen LogP contribution in [0.5, 0.6) is 0 Å². The zero-order chi connectivity index (χ0) is 25.5. The molecular formula is C28H39FN2O4. The molecule has 0 spiro atoms. The highest BCUT2D eigenvalue weighted by atomic mass is 19.1. The van der Waals surface area contributed by atoms with Crippen molar-refractivity contribution in [3.63, 3.8) is 0 Å². The summed E-state index contributed by atoms with van der Waals surface area (Å²) in [6.45, 7) is 6.92. The van der Waals surface area contributed by atoms with Crippen molar-refractivity contribution in [1.29, 1.82) is 0 Å². The summed E-state index contributed by atoms with van der Waals surface area (Å²) in [4.78, 5) is 14.6. The van der Waals surface area contributed by atoms with E-state index in [2.05, 4.69) is 0 Å². The Bertz CT molecular complexity index is 932. The quantitative estimate of drug-likeness (QED) is 0.511. The van der Waals surface area contributed by atoms with E-state index in [9.17, 15) is 19.5 Å². The van der Waals surface area contributed by atoms with E-state index >= 15 is 0 Å². The molecule has 3 rings (SSSR count). The number of hydrogen-bond donors (Lipinski definition) is 2. The van der Waals surface area contributed by atoms with Crippen molar-refractivity contribution in [2.24, 2.45) is 0 Å². The fourth-order valence-electron chi connectivity index (χ4n) is 4.66. The Labute approximate surface area is 208 Å². The molecule has 1 fully saturated rings. The number of carbonyl (C=O) groups excluding carboxylic acids is 1. The van der Waals surface area contributed by atoms with Gasteiger partial charge in [0.25, 0.3) is 0 Å². The van der Waals surface area contributed by atoms with Crippen molar-refractivity contribution in [2.75, 3.05) is 13.1 Å². The maximum atomic E-state index is 13.3. The molecule has 1 aliphatic heterocycles. The number of nitrogens with zero attached hydrogens (tertiary/aromatic N) is 2. The molecule has 0 aromatic heterocycles. The van der Waals surface area contributed by atoms with Crippen molar-refractivity contribution in [3.8, 4) is 0 Å². The smallest absolute Gasteiger partial charge is 0.410 e. The Morgan fingerprint density at radius 3 is 2.49 bits per heavy atom. The number of halogens is 1. The van der Waals surface area contributed by atoms with Gasteiger partial charge in [0.15, 0.2) is 0 Å². The summed E-state index contributed by atoms with van der Waals surface area (Å²) in [5.74, 6) is -0.294. The van der Waals surface area contributed by atoms with Crippen molar-refractivity contribution >= 4 is 6.09 Å². The van der Waals surface area contributed by atoms with Gasteiger partial charge in [0, 0.05) is 25.7 Å². The van der Waals surface area contributed by atoms with Crippen LogP contribution >= 0.6 is 0 Å². The average Bonchev–Trinajstić information content (AvgIpc) is 2.92. The number of aliphatic hydroxyl groups is 1. The molecule has 1 amide bonds. The number of hydroxylamine groups is 2. The predicted molar refractivity (Wildman–Crippen MR) is 134 cm³/mol. The van der Waals surface area contributed by atoms with Gasteiger partial charge in [-0.3, -0.25) is 0 Å². The number of benzene rings is 2. The zero-order valence-corrected chi connectivity index (χ0v) is 21.1. The van der Waals surface area contributed by atoms with Crippen molar-refractivity contribution < 1.29 is 24.2 Å². The van der Waals surface area contributed by atoms with Gasteiger partial charge in [-0.05, 0) is 82.6 Å². The lowest BCUT2D eigenvalue weighted by molar-refractivity contribution is -0.132. The molecular weight excluding hydrogens is 447 g/mol. The lowest BCUT2D eigenvalue weighted by Crippen LogP contribution is -2.40. The van der Waals surface area contributed by atoms with Crippen LogP contribution < -0.4 is 0 Å². The third-order valence-corrected chi connectivity index (χ3v) is 6.39. The minimum absolute atomic E-state index is 0.265. The van der Waals surface area contributed by atoms with Crippen LogP contribution in [0.1, 0.15) is 64.0 Å². The number of ether oxygens (including phenoxy) is 1. The van der Waals surface area contributed by atoms with Gasteiger partial charge in [-0.1, -0.05) is 42.5 Å². The predicted octanol–water partition coefficient (Wildman–Crippen LogP) is 5.56. The van der Waals surface area contributed by atoms with E-state index < -0.39 is 11.2 Å². The number of amides is 1. The summed E-state index contributed by atoms with van der Waals surface area (Å²) >= 11 is 0. The molecule has 2 aromatic rings. The second-order valence-electron chi connectivity index (χ2n) is 10.7. The first-order chi connectivity index (χ1) is 16.5. The molecule has 1 heterocycles. The van der Waals surface area contributed by atoms with Gasteiger partial charge < -0.3 is 20.0 Å². The molecule has 35 heavy (non-hydrogen) atoms. The highest BCUT2D eigenvalue weighted by Crippen LogP contribution is 2.31. The molecule has 2 N–H and O–H groups in total. The standard InChI is InChI=1S/C28H39FN2O4/c1-27(2,3)35-26(32)30(21-23-9-5-4-6-10-23)17-7-15-28(33)16-8-18-31(34)25(20-28)19-22-11-13-24(29)14-12-22/h4-6,9-14,25,33-34H,7-8,15-21H2,1-3H3. The maximum Gasteiger partial charge on any atom is 0.410 e. The van der Waals surface area contributed by atoms with E-state index in [-0.39, 0.29) is 18.0 Å². The van der Waals surface area contributed by atoms with Crippen LogP contribution in [0.4, 0.5) is 9.18 Å². The van der Waals surface area contributed by atoms with Crippen LogP contribution in [0.3, 0.4) is 0 Å². The van der Waals surface area contributed by atoms with E-state index in [0.717, 1.165) is 11.1 Å². The van der Waals surface area contributed by atoms with Gasteiger partial charge in [-0.15, -0.1) is 0 Å². The first-order valence-corrected chi connectivity index (χ1v) is 12.5. The molecule has 192 valence electrons. The molecule has 6 nitrogen and oxygen atoms in total. The first kappa shape index (κ1) is 27.1. The summed E-state index contributed by atoms with van der Waals surface area (Å²) in [5.41, 5.74) is 0.388. The third-order valence-electron chi connectivity index (χ3n) is 6.39. The SMILES string of the molecule is CC(C)(C)OC(=O)N(CCCC1(O)CCCN(O)C(Cc2ccc(F)cc2)C1)Cc1ccccc1. The number of carbonyl (C=O) groups is 1. The molecule has 2 aromatic carbocycles. The lowest BCUT2D eigenvalue weighted by Gasteiger charge is -2.33. The van der Waals surface area contributed by atoms with Crippen molar-refractivity contribution in [2.45, 2.75) is 83.1 Å². The minimum Gasteiger partial charge on any atom is -0.444 e. The number of rotatable bonds is 8. The fraction of sp³-hybridized carbons (Fsp3) is 0.536. The molecule has 0 radical (unpaired) electrons. The summed E-state index contributed by atoms with van der Waals surface area (Å²) in [6, 6.07) is 15.8. The Morgan fingerprint density at radius 2 is 1.83 bits per heavy atom. The average molecular weight is 487 g/mol. The summed E-state index contributed by atoms with van der Waals surface area (Å²) in [5, 5.41) is 23.3. The molecule has 7 heteroatoms. The van der Waals surface area contributed by atoms with E-state index in [4.69, 9.17) is 4.74 Å². The van der Waals surface area contributed by atoms with Gasteiger partial charge in [0.05, 0.1) is 5.60 Å². The largest absolute Gasteiger partial charge is 0.444 e. The molecule has 0 bridgehead atoms. The van der Waals surface area contributed by atoms with Crippen LogP contribution in [0.2, 0.25) is 0 Å². The first-order valence-electron chi connectivity index (χ1n) is 12.5. The topological polar surface area (TPSA) is 73.2 Å². The van der Waals surface area contributed by atoms with Crippen LogP contribution in [0.25, 0.3) is 0 Å². The molecule has 1 aliphatic rings. The zero-order valence-electron chi connectivity index (χ0n) is 21.1. The molecule has 1 saturated heterocycles. The van der Waals surface area contributed by atoms with Gasteiger partial charge in [0.1, 0.15) is 11.4 Å². The normalized spacial score (nSPS) is 21.4. The monoisotopic (exact) mass is 486 g/mol. The molecule has 2 unspecified atom stereocenters. The second-order valence-corrected chi connectivity index (χ2v) is 10.7. The summed E-state index contributed by atoms with van der Waals surface area (Å²) < 4.78 is 18.9. The Kier molecular flexibility index (Phi) is 9.27. The maximum absolute atomic E-state index is 13.3. The van der Waals surface area contributed by atoms with Gasteiger partial charge >= 0.3 is 6.09 Å². The van der Waals surface area contributed by atoms with Crippen LogP contribution in [-0.4, -0.2) is 56.7 Å². The highest BCUT2D eigenvalue weighted by Gasteiger charge is 2.35. The summed E-state index contributed by atoms with van der Waals surface area (Å²) in [7, 11) is 0. The Morgan fingerprint density at radius 1 is 1.14 bits per heavy atom. The van der Waals surface area contributed by atoms with E-state index in [1.807, 2.05) is 51.1 Å². The van der Waals surface area contributed by atoms with E-state index in [1.165, 1.54) is 17.2 Å². The Balaban J connectivity index is 1.63. The summed E-state index contributed by atoms with van der Waals surface area (Å²) in [6.07, 6.45) is 2.93. The van der Waals surface area contributed by atoms with Crippen LogP contribution in [0.15, 0.2) is 54.6 Å². The minimum atomic E-state index is -0.950. The highest BCUT2D eigenvalue weighted by molar-refractivity contribution is 5.68. The molecule has 0 saturated carbocycles. The second kappa shape index (κ2) is 12.0. The fourth-order valence-corrected chi connectivity index (χ4v) is 4.66. The number of hydrogen-bond acceptors (Lipinski definition) is 5. The van der Waals surface area contributed by atoms with Gasteiger partial charge in [-0.25, -0.2) is 9.18 Å². The van der Waals surface area contributed by atoms with Gasteiger partial charge in [0.2, 0.25) is 0 Å². The van der Waals surface area contributed by atoms with E-state index in [0.29, 0.717) is 58.2 Å². The van der Waals surface area contributed by atoms with Crippen molar-refractivity contribution in [3.05, 3.63) is 71.5 Å². The van der Waals surface area contributed by atoms with Crippen LogP contribution in [0, 0.1) is 5.82 Å². The molecule has 2 atom stereocenters. The van der Waals surface area contributed by atoms with Gasteiger partial charge in [-0.2, -0.15) is 5.06 Å². The molecule has 0 aliphatic carbocycles. The third kappa shape index (κ3) is 8.91. The Hall–Kier alpha value is -2.48. The van der Waals surface area contributed by atoms with Crippen molar-refractivity contribution in [1.82, 2.24) is 9.96 Å².